The summed E-state index contributed by atoms with van der Waals surface area (Å²) >= 11 is 1.58. The SMILES string of the molecule is Cc1cnc(C(C)NC(=O)OC(C)C)s1. The average Bonchev–Trinajstić information content (AvgIpc) is 2.49. The lowest BCUT2D eigenvalue weighted by Crippen LogP contribution is -2.29. The van der Waals surface area contributed by atoms with Crippen LogP contribution in [0.1, 0.15) is 36.7 Å². The van der Waals surface area contributed by atoms with Crippen molar-refractivity contribution in [3.05, 3.63) is 16.1 Å². The first kappa shape index (κ1) is 12.0. The van der Waals surface area contributed by atoms with Gasteiger partial charge in [-0.3, -0.25) is 0 Å². The van der Waals surface area contributed by atoms with E-state index in [1.54, 1.807) is 17.5 Å². The number of hydrogen-bond donors (Lipinski definition) is 1. The quantitative estimate of drug-likeness (QED) is 0.865. The molecule has 0 aromatic carbocycles. The van der Waals surface area contributed by atoms with Crippen molar-refractivity contribution in [1.29, 1.82) is 0 Å². The number of thiazole rings is 1. The molecular weight excluding hydrogens is 212 g/mol. The van der Waals surface area contributed by atoms with Gasteiger partial charge in [-0.15, -0.1) is 11.3 Å². The van der Waals surface area contributed by atoms with Crippen molar-refractivity contribution in [3.63, 3.8) is 0 Å². The summed E-state index contributed by atoms with van der Waals surface area (Å²) in [6.45, 7) is 7.51. The van der Waals surface area contributed by atoms with Gasteiger partial charge in [-0.1, -0.05) is 0 Å². The summed E-state index contributed by atoms with van der Waals surface area (Å²) in [6.07, 6.45) is 1.30. The second-order valence-electron chi connectivity index (χ2n) is 3.63. The van der Waals surface area contributed by atoms with Crippen LogP contribution in [0.15, 0.2) is 6.20 Å². The highest BCUT2D eigenvalue weighted by Crippen LogP contribution is 2.18. The van der Waals surface area contributed by atoms with Gasteiger partial charge in [0.2, 0.25) is 0 Å². The zero-order chi connectivity index (χ0) is 11.4. The molecule has 0 fully saturated rings. The summed E-state index contributed by atoms with van der Waals surface area (Å²) in [5.74, 6) is 0. The van der Waals surface area contributed by atoms with Gasteiger partial charge in [0.05, 0.1) is 12.1 Å². The summed E-state index contributed by atoms with van der Waals surface area (Å²) < 4.78 is 4.98. The number of alkyl carbamates (subject to hydrolysis) is 1. The first-order valence-electron chi connectivity index (χ1n) is 4.88. The lowest BCUT2D eigenvalue weighted by atomic mass is 10.4. The van der Waals surface area contributed by atoms with E-state index in [4.69, 9.17) is 4.74 Å². The van der Waals surface area contributed by atoms with Gasteiger partial charge >= 0.3 is 6.09 Å². The second kappa shape index (κ2) is 5.11. The highest BCUT2D eigenvalue weighted by molar-refractivity contribution is 7.11. The Morgan fingerprint density at radius 3 is 2.67 bits per heavy atom. The van der Waals surface area contributed by atoms with Gasteiger partial charge in [-0.05, 0) is 27.7 Å². The van der Waals surface area contributed by atoms with Crippen molar-refractivity contribution in [3.8, 4) is 0 Å². The Labute approximate surface area is 93.7 Å². The predicted molar refractivity (Wildman–Crippen MR) is 60.0 cm³/mol. The van der Waals surface area contributed by atoms with Crippen LogP contribution in [0.2, 0.25) is 0 Å². The molecule has 1 heterocycles. The minimum absolute atomic E-state index is 0.102. The van der Waals surface area contributed by atoms with E-state index in [0.29, 0.717) is 0 Å². The van der Waals surface area contributed by atoms with Crippen molar-refractivity contribution in [2.45, 2.75) is 39.8 Å². The van der Waals surface area contributed by atoms with Gasteiger partial charge in [-0.2, -0.15) is 0 Å². The summed E-state index contributed by atoms with van der Waals surface area (Å²) in [7, 11) is 0. The topological polar surface area (TPSA) is 51.2 Å². The van der Waals surface area contributed by atoms with Crippen molar-refractivity contribution < 1.29 is 9.53 Å². The monoisotopic (exact) mass is 228 g/mol. The van der Waals surface area contributed by atoms with Crippen molar-refractivity contribution in [2.75, 3.05) is 0 Å². The van der Waals surface area contributed by atoms with Crippen LogP contribution in [0.3, 0.4) is 0 Å². The van der Waals surface area contributed by atoms with Crippen LogP contribution in [0, 0.1) is 6.92 Å². The molecule has 0 aliphatic rings. The molecule has 1 unspecified atom stereocenters. The van der Waals surface area contributed by atoms with Gasteiger partial charge in [-0.25, -0.2) is 9.78 Å². The van der Waals surface area contributed by atoms with Gasteiger partial charge in [0, 0.05) is 11.1 Å². The Kier molecular flexibility index (Phi) is 4.08. The number of aryl methyl sites for hydroxylation is 1. The summed E-state index contributed by atoms with van der Waals surface area (Å²) in [4.78, 5) is 16.6. The maximum atomic E-state index is 11.3. The predicted octanol–water partition coefficient (Wildman–Crippen LogP) is 2.65. The van der Waals surface area contributed by atoms with E-state index in [-0.39, 0.29) is 12.1 Å². The van der Waals surface area contributed by atoms with Gasteiger partial charge < -0.3 is 10.1 Å². The van der Waals surface area contributed by atoms with Crippen LogP contribution in [0.4, 0.5) is 4.79 Å². The van der Waals surface area contributed by atoms with E-state index >= 15 is 0 Å². The van der Waals surface area contributed by atoms with E-state index in [1.807, 2.05) is 27.7 Å². The number of carbonyl (C=O) groups excluding carboxylic acids is 1. The molecule has 0 bridgehead atoms. The Bertz CT molecular complexity index is 336. The molecule has 0 spiro atoms. The highest BCUT2D eigenvalue weighted by atomic mass is 32.1. The number of nitrogens with one attached hydrogen (secondary N) is 1. The average molecular weight is 228 g/mol. The molecule has 1 atom stereocenters. The van der Waals surface area contributed by atoms with Gasteiger partial charge in [0.1, 0.15) is 5.01 Å². The molecular formula is C10H16N2O2S. The Morgan fingerprint density at radius 2 is 2.20 bits per heavy atom. The van der Waals surface area contributed by atoms with Crippen LogP contribution < -0.4 is 5.32 Å². The molecule has 1 N–H and O–H groups in total. The molecule has 0 saturated heterocycles. The maximum Gasteiger partial charge on any atom is 0.407 e. The third kappa shape index (κ3) is 3.87. The molecule has 15 heavy (non-hydrogen) atoms. The Hall–Kier alpha value is -1.10. The molecule has 0 radical (unpaired) electrons. The fourth-order valence-electron chi connectivity index (χ4n) is 1.06. The lowest BCUT2D eigenvalue weighted by Gasteiger charge is -2.13. The number of nitrogens with zero attached hydrogens (tertiary/aromatic N) is 1. The number of aromatic nitrogens is 1. The smallest absolute Gasteiger partial charge is 0.407 e. The Balaban J connectivity index is 2.48. The van der Waals surface area contributed by atoms with E-state index in [9.17, 15) is 4.79 Å². The minimum atomic E-state index is -0.398. The zero-order valence-electron chi connectivity index (χ0n) is 9.40. The molecule has 0 saturated carbocycles. The molecule has 1 amide bonds. The van der Waals surface area contributed by atoms with E-state index in [1.165, 1.54) is 0 Å². The number of hydrogen-bond acceptors (Lipinski definition) is 4. The van der Waals surface area contributed by atoms with Crippen molar-refractivity contribution in [2.24, 2.45) is 0 Å². The molecule has 4 nitrogen and oxygen atoms in total. The molecule has 1 rings (SSSR count). The zero-order valence-corrected chi connectivity index (χ0v) is 10.2. The number of ether oxygens (including phenoxy) is 1. The van der Waals surface area contributed by atoms with E-state index in [2.05, 4.69) is 10.3 Å². The van der Waals surface area contributed by atoms with Crippen LogP contribution in [-0.4, -0.2) is 17.2 Å². The third-order valence-electron chi connectivity index (χ3n) is 1.69. The third-order valence-corrected chi connectivity index (χ3v) is 2.78. The van der Waals surface area contributed by atoms with Crippen LogP contribution in [0.5, 0.6) is 0 Å². The van der Waals surface area contributed by atoms with Crippen molar-refractivity contribution in [1.82, 2.24) is 10.3 Å². The van der Waals surface area contributed by atoms with Crippen LogP contribution in [0.25, 0.3) is 0 Å². The number of carbonyl (C=O) groups is 1. The van der Waals surface area contributed by atoms with Gasteiger partial charge in [0.25, 0.3) is 0 Å². The minimum Gasteiger partial charge on any atom is -0.447 e. The molecule has 0 aliphatic heterocycles. The first-order chi connectivity index (χ1) is 6.99. The summed E-state index contributed by atoms with van der Waals surface area (Å²) in [6, 6.07) is -0.102. The fourth-order valence-corrected chi connectivity index (χ4v) is 1.84. The van der Waals surface area contributed by atoms with Gasteiger partial charge in [0.15, 0.2) is 0 Å². The normalized spacial score (nSPS) is 12.6. The Morgan fingerprint density at radius 1 is 1.53 bits per heavy atom. The lowest BCUT2D eigenvalue weighted by molar-refractivity contribution is 0.113. The standard InChI is InChI=1S/C10H16N2O2S/c1-6(2)14-10(13)12-8(4)9-11-5-7(3)15-9/h5-6,8H,1-4H3,(H,12,13). The van der Waals surface area contributed by atoms with E-state index < -0.39 is 6.09 Å². The molecule has 1 aromatic heterocycles. The van der Waals surface area contributed by atoms with E-state index in [0.717, 1.165) is 9.88 Å². The highest BCUT2D eigenvalue weighted by Gasteiger charge is 2.13. The second-order valence-corrected chi connectivity index (χ2v) is 4.90. The molecule has 84 valence electrons. The molecule has 5 heteroatoms. The van der Waals surface area contributed by atoms with Crippen LogP contribution in [-0.2, 0) is 4.74 Å². The van der Waals surface area contributed by atoms with Crippen LogP contribution >= 0.6 is 11.3 Å². The summed E-state index contributed by atoms with van der Waals surface area (Å²) in [5.41, 5.74) is 0. The first-order valence-corrected chi connectivity index (χ1v) is 5.70. The van der Waals surface area contributed by atoms with Crippen molar-refractivity contribution >= 4 is 17.4 Å². The number of rotatable bonds is 3. The summed E-state index contributed by atoms with van der Waals surface area (Å²) in [5, 5.41) is 3.62. The fraction of sp³-hybridized carbons (Fsp3) is 0.600. The molecule has 1 aromatic rings. The maximum absolute atomic E-state index is 11.3. The number of amides is 1. The molecule has 0 aliphatic carbocycles. The largest absolute Gasteiger partial charge is 0.447 e.